The maximum absolute atomic E-state index is 12.6. The van der Waals surface area contributed by atoms with Crippen molar-refractivity contribution < 1.29 is 18.0 Å². The second kappa shape index (κ2) is 7.07. The lowest BCUT2D eigenvalue weighted by Gasteiger charge is -2.16. The first-order chi connectivity index (χ1) is 11.2. The van der Waals surface area contributed by atoms with Crippen LogP contribution >= 0.6 is 0 Å². The van der Waals surface area contributed by atoms with E-state index >= 15 is 0 Å². The quantitative estimate of drug-likeness (QED) is 0.805. The van der Waals surface area contributed by atoms with Crippen molar-refractivity contribution in [3.63, 3.8) is 0 Å². The van der Waals surface area contributed by atoms with Gasteiger partial charge in [-0.3, -0.25) is 4.79 Å². The molecule has 1 amide bonds. The normalized spacial score (nSPS) is 11.6. The minimum absolute atomic E-state index is 0.0318. The second-order valence-electron chi connectivity index (χ2n) is 6.11. The highest BCUT2D eigenvalue weighted by Crippen LogP contribution is 2.30. The lowest BCUT2D eigenvalue weighted by molar-refractivity contribution is -0.137. The fourth-order valence-electron chi connectivity index (χ4n) is 2.52. The van der Waals surface area contributed by atoms with Crippen LogP contribution in [0.2, 0.25) is 0 Å². The summed E-state index contributed by atoms with van der Waals surface area (Å²) in [5, 5.41) is 2.89. The van der Waals surface area contributed by atoms with Gasteiger partial charge < -0.3 is 5.32 Å². The van der Waals surface area contributed by atoms with E-state index in [4.69, 9.17) is 0 Å². The third-order valence-electron chi connectivity index (χ3n) is 3.84. The molecular formula is C19H20F3NO. The fourth-order valence-corrected chi connectivity index (χ4v) is 2.52. The summed E-state index contributed by atoms with van der Waals surface area (Å²) in [5.41, 5.74) is 2.61. The van der Waals surface area contributed by atoms with Crippen LogP contribution in [0.25, 0.3) is 0 Å². The van der Waals surface area contributed by atoms with Crippen LogP contribution in [0.15, 0.2) is 42.5 Å². The zero-order valence-corrected chi connectivity index (χ0v) is 13.9. The predicted octanol–water partition coefficient (Wildman–Crippen LogP) is 5.32. The molecule has 0 fully saturated rings. The summed E-state index contributed by atoms with van der Waals surface area (Å²) in [6.45, 7) is 6.00. The van der Waals surface area contributed by atoms with Gasteiger partial charge in [0, 0.05) is 5.69 Å². The minimum atomic E-state index is -4.37. The highest BCUT2D eigenvalue weighted by molar-refractivity contribution is 5.93. The van der Waals surface area contributed by atoms with E-state index in [9.17, 15) is 18.0 Å². The van der Waals surface area contributed by atoms with Crippen molar-refractivity contribution in [2.75, 3.05) is 5.32 Å². The summed E-state index contributed by atoms with van der Waals surface area (Å²) in [6.07, 6.45) is -4.34. The minimum Gasteiger partial charge on any atom is -0.325 e. The Kier molecular flexibility index (Phi) is 5.32. The molecule has 0 aliphatic heterocycles. The van der Waals surface area contributed by atoms with Crippen LogP contribution < -0.4 is 5.32 Å². The van der Waals surface area contributed by atoms with Gasteiger partial charge in [-0.05, 0) is 41.7 Å². The molecule has 5 heteroatoms. The Balaban J connectivity index is 2.12. The molecule has 0 aliphatic rings. The highest BCUT2D eigenvalue weighted by atomic mass is 19.4. The molecule has 0 saturated heterocycles. The van der Waals surface area contributed by atoms with Crippen molar-refractivity contribution >= 4 is 11.6 Å². The van der Waals surface area contributed by atoms with Gasteiger partial charge in [0.25, 0.3) is 0 Å². The lowest BCUT2D eigenvalue weighted by Crippen LogP contribution is -2.17. The van der Waals surface area contributed by atoms with E-state index in [0.717, 1.165) is 28.9 Å². The summed E-state index contributed by atoms with van der Waals surface area (Å²) in [7, 11) is 0. The molecule has 24 heavy (non-hydrogen) atoms. The van der Waals surface area contributed by atoms with Crippen LogP contribution in [-0.4, -0.2) is 5.91 Å². The number of rotatable bonds is 4. The maximum atomic E-state index is 12.6. The van der Waals surface area contributed by atoms with E-state index in [1.54, 1.807) is 0 Å². The number of alkyl halides is 3. The lowest BCUT2D eigenvalue weighted by atomic mass is 9.98. The molecule has 1 N–H and O–H groups in total. The van der Waals surface area contributed by atoms with Gasteiger partial charge in [-0.2, -0.15) is 13.2 Å². The van der Waals surface area contributed by atoms with Gasteiger partial charge in [0.15, 0.2) is 0 Å². The Bertz CT molecular complexity index is 718. The van der Waals surface area contributed by atoms with Crippen LogP contribution in [0.3, 0.4) is 0 Å². The zero-order valence-electron chi connectivity index (χ0n) is 13.9. The highest BCUT2D eigenvalue weighted by Gasteiger charge is 2.30. The molecule has 2 aromatic rings. The summed E-state index contributed by atoms with van der Waals surface area (Å²) in [4.78, 5) is 12.3. The molecule has 0 bridgehead atoms. The number of hydrogen-bond donors (Lipinski definition) is 1. The third kappa shape index (κ3) is 4.37. The van der Waals surface area contributed by atoms with Gasteiger partial charge in [0.1, 0.15) is 0 Å². The number of nitrogens with one attached hydrogen (secondary N) is 1. The molecule has 2 nitrogen and oxygen atoms in total. The predicted molar refractivity (Wildman–Crippen MR) is 89.0 cm³/mol. The molecule has 0 radical (unpaired) electrons. The smallest absolute Gasteiger partial charge is 0.325 e. The van der Waals surface area contributed by atoms with Crippen molar-refractivity contribution in [1.82, 2.24) is 0 Å². The van der Waals surface area contributed by atoms with E-state index in [-0.39, 0.29) is 18.2 Å². The summed E-state index contributed by atoms with van der Waals surface area (Å²) in [6, 6.07) is 10.5. The molecule has 2 aromatic carbocycles. The first-order valence-electron chi connectivity index (χ1n) is 7.74. The average molecular weight is 335 g/mol. The number of aryl methyl sites for hydroxylation is 1. The number of benzene rings is 2. The van der Waals surface area contributed by atoms with Gasteiger partial charge >= 0.3 is 6.18 Å². The SMILES string of the molecule is Cc1cccc(C(C)C)c1NC(=O)Cc1ccc(C(F)(F)F)cc1. The number of amides is 1. The van der Waals surface area contributed by atoms with E-state index in [0.29, 0.717) is 5.56 Å². The van der Waals surface area contributed by atoms with E-state index in [2.05, 4.69) is 5.32 Å². The second-order valence-corrected chi connectivity index (χ2v) is 6.11. The topological polar surface area (TPSA) is 29.1 Å². The molecule has 0 unspecified atom stereocenters. The van der Waals surface area contributed by atoms with Gasteiger partial charge in [0.05, 0.1) is 12.0 Å². The Morgan fingerprint density at radius 2 is 1.71 bits per heavy atom. The molecule has 128 valence electrons. The summed E-state index contributed by atoms with van der Waals surface area (Å²) >= 11 is 0. The van der Waals surface area contributed by atoms with Gasteiger partial charge in [-0.1, -0.05) is 44.2 Å². The largest absolute Gasteiger partial charge is 0.416 e. The average Bonchev–Trinajstić information content (AvgIpc) is 2.48. The molecule has 0 saturated carbocycles. The van der Waals surface area contributed by atoms with Gasteiger partial charge in [-0.25, -0.2) is 0 Å². The first-order valence-corrected chi connectivity index (χ1v) is 7.74. The van der Waals surface area contributed by atoms with E-state index in [1.807, 2.05) is 39.0 Å². The van der Waals surface area contributed by atoms with Gasteiger partial charge in [0.2, 0.25) is 5.91 Å². The Labute approximate surface area is 139 Å². The standard InChI is InChI=1S/C19H20F3NO/c1-12(2)16-6-4-5-13(3)18(16)23-17(24)11-14-7-9-15(10-8-14)19(20,21)22/h4-10,12H,11H2,1-3H3,(H,23,24). The number of halogens is 3. The van der Waals surface area contributed by atoms with Crippen LogP contribution in [0, 0.1) is 6.92 Å². The Hall–Kier alpha value is -2.30. The van der Waals surface area contributed by atoms with Crippen molar-refractivity contribution in [2.45, 2.75) is 39.3 Å². The monoisotopic (exact) mass is 335 g/mol. The molecule has 0 aromatic heterocycles. The van der Waals surface area contributed by atoms with E-state index in [1.165, 1.54) is 12.1 Å². The summed E-state index contributed by atoms with van der Waals surface area (Å²) < 4.78 is 37.7. The Morgan fingerprint density at radius 3 is 2.25 bits per heavy atom. The molecular weight excluding hydrogens is 315 g/mol. The van der Waals surface area contributed by atoms with Crippen molar-refractivity contribution in [3.8, 4) is 0 Å². The van der Waals surface area contributed by atoms with Crippen LogP contribution in [0.5, 0.6) is 0 Å². The van der Waals surface area contributed by atoms with Crippen molar-refractivity contribution in [1.29, 1.82) is 0 Å². The van der Waals surface area contributed by atoms with Crippen molar-refractivity contribution in [2.24, 2.45) is 0 Å². The third-order valence-corrected chi connectivity index (χ3v) is 3.84. The van der Waals surface area contributed by atoms with Crippen LogP contribution in [0.1, 0.15) is 42.0 Å². The number of hydrogen-bond acceptors (Lipinski definition) is 1. The molecule has 0 atom stereocenters. The Morgan fingerprint density at radius 1 is 1.08 bits per heavy atom. The molecule has 0 aliphatic carbocycles. The number of carbonyl (C=O) groups is 1. The zero-order chi connectivity index (χ0) is 17.9. The first kappa shape index (κ1) is 18.0. The van der Waals surface area contributed by atoms with Crippen LogP contribution in [0.4, 0.5) is 18.9 Å². The summed E-state index contributed by atoms with van der Waals surface area (Å²) in [5.74, 6) is 0.0113. The van der Waals surface area contributed by atoms with Gasteiger partial charge in [-0.15, -0.1) is 0 Å². The van der Waals surface area contributed by atoms with E-state index < -0.39 is 11.7 Å². The van der Waals surface area contributed by atoms with Crippen LogP contribution in [-0.2, 0) is 17.4 Å². The number of anilines is 1. The maximum Gasteiger partial charge on any atom is 0.416 e. The molecule has 2 rings (SSSR count). The number of carbonyl (C=O) groups excluding carboxylic acids is 1. The molecule has 0 spiro atoms. The number of para-hydroxylation sites is 1. The van der Waals surface area contributed by atoms with Crippen molar-refractivity contribution in [3.05, 3.63) is 64.7 Å². The molecule has 0 heterocycles. The fraction of sp³-hybridized carbons (Fsp3) is 0.316.